The van der Waals surface area contributed by atoms with Gasteiger partial charge in [0.1, 0.15) is 11.9 Å². The molecule has 0 spiro atoms. The summed E-state index contributed by atoms with van der Waals surface area (Å²) in [5.74, 6) is 0.715. The Labute approximate surface area is 114 Å². The number of halogens is 1. The fourth-order valence-corrected chi connectivity index (χ4v) is 2.58. The van der Waals surface area contributed by atoms with E-state index in [4.69, 9.17) is 4.74 Å². The van der Waals surface area contributed by atoms with Crippen LogP contribution in [0.3, 0.4) is 0 Å². The van der Waals surface area contributed by atoms with Crippen LogP contribution in [-0.2, 0) is 6.42 Å². The van der Waals surface area contributed by atoms with E-state index in [2.05, 4.69) is 10.2 Å². The Morgan fingerprint density at radius 3 is 2.74 bits per heavy atom. The molecule has 1 aliphatic rings. The van der Waals surface area contributed by atoms with E-state index in [1.165, 1.54) is 0 Å². The summed E-state index contributed by atoms with van der Waals surface area (Å²) in [4.78, 5) is 2.43. The van der Waals surface area contributed by atoms with E-state index in [0.29, 0.717) is 11.3 Å². The fourth-order valence-electron chi connectivity index (χ4n) is 2.58. The number of hydrogen-bond donors (Lipinski definition) is 1. The van der Waals surface area contributed by atoms with Crippen LogP contribution < -0.4 is 10.1 Å². The van der Waals surface area contributed by atoms with Crippen molar-refractivity contribution in [1.29, 1.82) is 0 Å². The third-order valence-corrected chi connectivity index (χ3v) is 3.67. The molecule has 2 rings (SSSR count). The largest absolute Gasteiger partial charge is 0.496 e. The summed E-state index contributed by atoms with van der Waals surface area (Å²) in [5, 5.41) is 3.34. The van der Waals surface area contributed by atoms with Crippen LogP contribution in [0, 0.1) is 0 Å². The molecule has 1 aliphatic heterocycles. The Balaban J connectivity index is 2.04. The van der Waals surface area contributed by atoms with Crippen molar-refractivity contribution in [3.05, 3.63) is 29.3 Å². The molecule has 19 heavy (non-hydrogen) atoms. The van der Waals surface area contributed by atoms with Gasteiger partial charge in [-0.2, -0.15) is 0 Å². The van der Waals surface area contributed by atoms with Crippen molar-refractivity contribution in [2.45, 2.75) is 19.5 Å². The van der Waals surface area contributed by atoms with E-state index in [0.717, 1.165) is 44.7 Å². The molecule has 1 atom stereocenters. The van der Waals surface area contributed by atoms with Crippen molar-refractivity contribution in [3.8, 4) is 5.75 Å². The second-order valence-electron chi connectivity index (χ2n) is 5.00. The highest BCUT2D eigenvalue weighted by Crippen LogP contribution is 2.31. The van der Waals surface area contributed by atoms with Gasteiger partial charge in [-0.25, -0.2) is 4.39 Å². The van der Waals surface area contributed by atoms with Gasteiger partial charge in [0.05, 0.1) is 7.11 Å². The Bertz CT molecular complexity index is 403. The molecule has 0 bridgehead atoms. The predicted octanol–water partition coefficient (Wildman–Crippen LogP) is 2.17. The maximum Gasteiger partial charge on any atom is 0.128 e. The molecular weight excluding hydrogens is 243 g/mol. The Kier molecular flexibility index (Phi) is 5.16. The minimum absolute atomic E-state index is 0.653. The van der Waals surface area contributed by atoms with E-state index >= 15 is 0 Å². The maximum atomic E-state index is 13.6. The van der Waals surface area contributed by atoms with Gasteiger partial charge in [-0.1, -0.05) is 18.2 Å². The average Bonchev–Trinajstić information content (AvgIpc) is 2.45. The average molecular weight is 266 g/mol. The monoisotopic (exact) mass is 266 g/mol. The second kappa shape index (κ2) is 6.87. The molecule has 1 unspecified atom stereocenters. The van der Waals surface area contributed by atoms with E-state index in [-0.39, 0.29) is 0 Å². The van der Waals surface area contributed by atoms with Crippen LogP contribution in [0.25, 0.3) is 0 Å². The van der Waals surface area contributed by atoms with Crippen molar-refractivity contribution in [1.82, 2.24) is 10.2 Å². The molecule has 0 aliphatic carbocycles. The first-order chi connectivity index (χ1) is 9.22. The molecule has 0 aromatic heterocycles. The van der Waals surface area contributed by atoms with Gasteiger partial charge in [-0.05, 0) is 18.9 Å². The minimum Gasteiger partial charge on any atom is -0.496 e. The Morgan fingerprint density at radius 2 is 2.11 bits per heavy atom. The molecule has 0 amide bonds. The van der Waals surface area contributed by atoms with E-state index in [1.54, 1.807) is 20.1 Å². The van der Waals surface area contributed by atoms with Crippen molar-refractivity contribution in [2.75, 3.05) is 39.8 Å². The van der Waals surface area contributed by atoms with Crippen LogP contribution in [-0.4, -0.2) is 44.7 Å². The van der Waals surface area contributed by atoms with Crippen LogP contribution in [0.4, 0.5) is 4.39 Å². The molecule has 1 fully saturated rings. The van der Waals surface area contributed by atoms with Gasteiger partial charge >= 0.3 is 0 Å². The van der Waals surface area contributed by atoms with Crippen LogP contribution in [0.1, 0.15) is 24.2 Å². The highest BCUT2D eigenvalue weighted by Gasteiger charge is 2.15. The number of alkyl halides is 1. The zero-order chi connectivity index (χ0) is 13.7. The third-order valence-electron chi connectivity index (χ3n) is 3.67. The number of piperazine rings is 1. The lowest BCUT2D eigenvalue weighted by Gasteiger charge is -2.27. The minimum atomic E-state index is -0.992. The number of nitrogens with zero attached hydrogens (tertiary/aromatic N) is 1. The number of nitrogens with one attached hydrogen (secondary N) is 1. The van der Waals surface area contributed by atoms with Gasteiger partial charge in [0.15, 0.2) is 0 Å². The third kappa shape index (κ3) is 3.67. The fraction of sp³-hybridized carbons (Fsp3) is 0.600. The number of methoxy groups -OCH3 is 1. The van der Waals surface area contributed by atoms with Gasteiger partial charge in [-0.3, -0.25) is 0 Å². The summed E-state index contributed by atoms with van der Waals surface area (Å²) in [5.41, 5.74) is 1.75. The summed E-state index contributed by atoms with van der Waals surface area (Å²) in [6, 6.07) is 5.76. The van der Waals surface area contributed by atoms with Gasteiger partial charge < -0.3 is 15.0 Å². The van der Waals surface area contributed by atoms with Gasteiger partial charge in [0.2, 0.25) is 0 Å². The van der Waals surface area contributed by atoms with E-state index in [1.807, 2.05) is 12.1 Å². The standard InChI is InChI=1S/C15H23FN2O/c1-12(16)14-5-3-4-13(15(14)19-2)6-9-18-10-7-17-8-11-18/h3-5,12,17H,6-11H2,1-2H3. The molecule has 1 aromatic rings. The highest BCUT2D eigenvalue weighted by atomic mass is 19.1. The molecule has 106 valence electrons. The lowest BCUT2D eigenvalue weighted by molar-refractivity contribution is 0.243. The normalized spacial score (nSPS) is 18.3. The summed E-state index contributed by atoms with van der Waals surface area (Å²) in [6.45, 7) is 6.83. The Morgan fingerprint density at radius 1 is 1.37 bits per heavy atom. The summed E-state index contributed by atoms with van der Waals surface area (Å²) in [6.07, 6.45) is -0.0851. The SMILES string of the molecule is COc1c(CCN2CCNCC2)cccc1C(C)F. The van der Waals surface area contributed by atoms with Crippen molar-refractivity contribution < 1.29 is 9.13 Å². The quantitative estimate of drug-likeness (QED) is 0.884. The van der Waals surface area contributed by atoms with E-state index < -0.39 is 6.17 Å². The topological polar surface area (TPSA) is 24.5 Å². The lowest BCUT2D eigenvalue weighted by atomic mass is 10.0. The molecule has 0 radical (unpaired) electrons. The number of rotatable bonds is 5. The van der Waals surface area contributed by atoms with Gasteiger partial charge in [-0.15, -0.1) is 0 Å². The van der Waals surface area contributed by atoms with Crippen molar-refractivity contribution >= 4 is 0 Å². The second-order valence-corrected chi connectivity index (χ2v) is 5.00. The molecule has 3 nitrogen and oxygen atoms in total. The molecule has 1 N–H and O–H groups in total. The number of ether oxygens (including phenoxy) is 1. The van der Waals surface area contributed by atoms with Crippen molar-refractivity contribution in [3.63, 3.8) is 0 Å². The number of para-hydroxylation sites is 1. The molecule has 1 heterocycles. The zero-order valence-electron chi connectivity index (χ0n) is 11.8. The first-order valence-corrected chi connectivity index (χ1v) is 6.95. The predicted molar refractivity (Wildman–Crippen MR) is 75.5 cm³/mol. The maximum absolute atomic E-state index is 13.6. The van der Waals surface area contributed by atoms with Crippen LogP contribution >= 0.6 is 0 Å². The number of hydrogen-bond acceptors (Lipinski definition) is 3. The summed E-state index contributed by atoms with van der Waals surface area (Å²) < 4.78 is 19.0. The summed E-state index contributed by atoms with van der Waals surface area (Å²) in [7, 11) is 1.62. The molecule has 4 heteroatoms. The molecular formula is C15H23FN2O. The van der Waals surface area contributed by atoms with Gasteiger partial charge in [0.25, 0.3) is 0 Å². The number of benzene rings is 1. The van der Waals surface area contributed by atoms with Crippen LogP contribution in [0.15, 0.2) is 18.2 Å². The van der Waals surface area contributed by atoms with Gasteiger partial charge in [0, 0.05) is 38.3 Å². The van der Waals surface area contributed by atoms with Crippen LogP contribution in [0.5, 0.6) is 5.75 Å². The molecule has 1 aromatic carbocycles. The first-order valence-electron chi connectivity index (χ1n) is 6.95. The Hall–Kier alpha value is -1.13. The smallest absolute Gasteiger partial charge is 0.128 e. The van der Waals surface area contributed by atoms with Crippen LogP contribution in [0.2, 0.25) is 0 Å². The summed E-state index contributed by atoms with van der Waals surface area (Å²) >= 11 is 0. The van der Waals surface area contributed by atoms with Crippen molar-refractivity contribution in [2.24, 2.45) is 0 Å². The molecule has 0 saturated carbocycles. The first kappa shape index (κ1) is 14.3. The highest BCUT2D eigenvalue weighted by molar-refractivity contribution is 5.42. The zero-order valence-corrected chi connectivity index (χ0v) is 11.8. The van der Waals surface area contributed by atoms with E-state index in [9.17, 15) is 4.39 Å². The lowest BCUT2D eigenvalue weighted by Crippen LogP contribution is -2.44. The molecule has 1 saturated heterocycles.